The van der Waals surface area contributed by atoms with Crippen LogP contribution in [0.15, 0.2) is 29.4 Å². The SMILES string of the molecule is Cc1cc(S(=O)(=O)NC(=O)c2cn3c(n2)C(Cl)=CN(C(F)(F)F)C3)c(C)cc1C#N. The van der Waals surface area contributed by atoms with Crippen molar-refractivity contribution in [3.05, 3.63) is 52.7 Å². The third kappa shape index (κ3) is 3.99. The van der Waals surface area contributed by atoms with Crippen LogP contribution in [-0.4, -0.2) is 35.1 Å². The zero-order valence-electron chi connectivity index (χ0n) is 15.5. The minimum atomic E-state index is -4.70. The Morgan fingerprint density at radius 3 is 2.57 bits per heavy atom. The lowest BCUT2D eigenvalue weighted by molar-refractivity contribution is -0.237. The van der Waals surface area contributed by atoms with Gasteiger partial charge in [0.1, 0.15) is 12.4 Å². The zero-order valence-corrected chi connectivity index (χ0v) is 17.0. The van der Waals surface area contributed by atoms with E-state index < -0.39 is 34.6 Å². The molecule has 0 saturated heterocycles. The highest BCUT2D eigenvalue weighted by atomic mass is 35.5. The van der Waals surface area contributed by atoms with Gasteiger partial charge in [-0.05, 0) is 37.1 Å². The van der Waals surface area contributed by atoms with Crippen molar-refractivity contribution in [2.24, 2.45) is 0 Å². The summed E-state index contributed by atoms with van der Waals surface area (Å²) in [5.41, 5.74) is 0.508. The fraction of sp³-hybridized carbons (Fsp3) is 0.235. The van der Waals surface area contributed by atoms with Crippen LogP contribution in [0.3, 0.4) is 0 Å². The second kappa shape index (κ2) is 7.33. The van der Waals surface area contributed by atoms with Gasteiger partial charge in [0.2, 0.25) is 0 Å². The van der Waals surface area contributed by atoms with Crippen molar-refractivity contribution >= 4 is 32.6 Å². The van der Waals surface area contributed by atoms with Gasteiger partial charge in [-0.15, -0.1) is 0 Å². The Morgan fingerprint density at radius 1 is 1.30 bits per heavy atom. The first kappa shape index (κ1) is 21.7. The van der Waals surface area contributed by atoms with Gasteiger partial charge in [0.15, 0.2) is 5.82 Å². The summed E-state index contributed by atoms with van der Waals surface area (Å²) in [5.74, 6) is -1.24. The standard InChI is InChI=1S/C17H13ClF3N5O3S/c1-9-4-14(10(2)3-11(9)5-22)30(28,29)24-16(27)13-7-25-8-26(17(19,20)21)6-12(18)15(25)23-13/h3-4,6-7H,8H2,1-2H3,(H,24,27). The largest absolute Gasteiger partial charge is 0.485 e. The molecule has 0 aliphatic carbocycles. The molecule has 2 heterocycles. The Kier molecular flexibility index (Phi) is 5.30. The second-order valence-corrected chi connectivity index (χ2v) is 8.51. The van der Waals surface area contributed by atoms with Crippen LogP contribution in [0.2, 0.25) is 0 Å². The first-order valence-electron chi connectivity index (χ1n) is 8.20. The lowest BCUT2D eigenvalue weighted by Gasteiger charge is -2.27. The van der Waals surface area contributed by atoms with Crippen molar-refractivity contribution in [1.82, 2.24) is 19.2 Å². The van der Waals surface area contributed by atoms with Gasteiger partial charge in [-0.2, -0.15) is 18.4 Å². The molecule has 13 heteroatoms. The van der Waals surface area contributed by atoms with E-state index in [4.69, 9.17) is 16.9 Å². The number of hydrogen-bond acceptors (Lipinski definition) is 6. The van der Waals surface area contributed by atoms with Crippen LogP contribution in [0.25, 0.3) is 5.03 Å². The molecular weight excluding hydrogens is 447 g/mol. The molecule has 1 aliphatic rings. The molecule has 30 heavy (non-hydrogen) atoms. The van der Waals surface area contributed by atoms with E-state index in [0.29, 0.717) is 11.8 Å². The number of carbonyl (C=O) groups excluding carboxylic acids is 1. The maximum Gasteiger partial charge on any atom is 0.485 e. The molecule has 3 rings (SSSR count). The van der Waals surface area contributed by atoms with Crippen LogP contribution >= 0.6 is 11.6 Å². The van der Waals surface area contributed by atoms with Crippen molar-refractivity contribution in [2.45, 2.75) is 31.7 Å². The summed E-state index contributed by atoms with van der Waals surface area (Å²) in [6, 6.07) is 4.56. The summed E-state index contributed by atoms with van der Waals surface area (Å²) < 4.78 is 66.8. The number of hydrogen-bond donors (Lipinski definition) is 1. The second-order valence-electron chi connectivity index (χ2n) is 6.45. The first-order chi connectivity index (χ1) is 13.8. The summed E-state index contributed by atoms with van der Waals surface area (Å²) in [6.45, 7) is 2.31. The molecule has 0 atom stereocenters. The van der Waals surface area contributed by atoms with Gasteiger partial charge in [0.25, 0.3) is 15.9 Å². The molecule has 0 unspecified atom stereocenters. The Labute approximate surface area is 174 Å². The number of halogens is 4. The highest BCUT2D eigenvalue weighted by Crippen LogP contribution is 2.31. The van der Waals surface area contributed by atoms with Crippen LogP contribution < -0.4 is 4.72 Å². The molecule has 158 valence electrons. The van der Waals surface area contributed by atoms with Crippen molar-refractivity contribution in [3.8, 4) is 6.07 Å². The van der Waals surface area contributed by atoms with Gasteiger partial charge < -0.3 is 4.57 Å². The fourth-order valence-corrected chi connectivity index (χ4v) is 4.35. The van der Waals surface area contributed by atoms with Crippen molar-refractivity contribution in [1.29, 1.82) is 5.26 Å². The number of benzene rings is 1. The number of sulfonamides is 1. The van der Waals surface area contributed by atoms with Crippen LogP contribution in [0.5, 0.6) is 0 Å². The molecule has 0 spiro atoms. The summed E-state index contributed by atoms with van der Waals surface area (Å²) in [7, 11) is -4.33. The Balaban J connectivity index is 1.89. The Hall–Kier alpha value is -3.04. The maximum atomic E-state index is 12.9. The third-order valence-electron chi connectivity index (χ3n) is 4.28. The lowest BCUT2D eigenvalue weighted by Crippen LogP contribution is -2.37. The number of fused-ring (bicyclic) bond motifs is 1. The maximum absolute atomic E-state index is 12.9. The third-order valence-corrected chi connectivity index (χ3v) is 6.02. The summed E-state index contributed by atoms with van der Waals surface area (Å²) in [5, 5.41) is 8.67. The molecule has 2 aromatic rings. The van der Waals surface area contributed by atoms with Gasteiger partial charge in [0.05, 0.1) is 21.6 Å². The van der Waals surface area contributed by atoms with E-state index in [9.17, 15) is 26.4 Å². The molecule has 0 radical (unpaired) electrons. The number of imidazole rings is 1. The van der Waals surface area contributed by atoms with Crippen molar-refractivity contribution in [2.75, 3.05) is 0 Å². The molecule has 1 N–H and O–H groups in total. The van der Waals surface area contributed by atoms with Gasteiger partial charge in [-0.25, -0.2) is 18.1 Å². The highest BCUT2D eigenvalue weighted by molar-refractivity contribution is 7.90. The molecule has 0 saturated carbocycles. The van der Waals surface area contributed by atoms with Crippen molar-refractivity contribution < 1.29 is 26.4 Å². The number of carbonyl (C=O) groups is 1. The van der Waals surface area contributed by atoms with Crippen LogP contribution in [0, 0.1) is 25.2 Å². The van der Waals surface area contributed by atoms with Gasteiger partial charge in [-0.3, -0.25) is 9.69 Å². The molecule has 1 aliphatic heterocycles. The summed E-state index contributed by atoms with van der Waals surface area (Å²) in [6.07, 6.45) is -3.09. The molecule has 1 aromatic heterocycles. The fourth-order valence-electron chi connectivity index (χ4n) is 2.81. The molecule has 8 nitrogen and oxygen atoms in total. The van der Waals surface area contributed by atoms with E-state index >= 15 is 0 Å². The normalized spacial score (nSPS) is 14.0. The number of aromatic nitrogens is 2. The van der Waals surface area contributed by atoms with E-state index in [1.54, 1.807) is 6.92 Å². The Morgan fingerprint density at radius 2 is 1.97 bits per heavy atom. The smallest absolute Gasteiger partial charge is 0.311 e. The summed E-state index contributed by atoms with van der Waals surface area (Å²) >= 11 is 5.82. The molecule has 1 amide bonds. The number of aryl methyl sites for hydroxylation is 2. The van der Waals surface area contributed by atoms with Gasteiger partial charge >= 0.3 is 6.30 Å². The lowest BCUT2D eigenvalue weighted by atomic mass is 10.1. The van der Waals surface area contributed by atoms with E-state index in [1.165, 1.54) is 19.1 Å². The monoisotopic (exact) mass is 459 g/mol. The first-order valence-corrected chi connectivity index (χ1v) is 10.1. The van der Waals surface area contributed by atoms with Crippen LogP contribution in [0.1, 0.15) is 33.0 Å². The molecular formula is C17H13ClF3N5O3S. The van der Waals surface area contributed by atoms with Crippen LogP contribution in [-0.2, 0) is 16.7 Å². The minimum absolute atomic E-state index is 0.00860. The number of nitrogens with zero attached hydrogens (tertiary/aromatic N) is 4. The predicted molar refractivity (Wildman–Crippen MR) is 99.2 cm³/mol. The molecule has 0 fully saturated rings. The number of rotatable bonds is 3. The Bertz CT molecular complexity index is 1230. The number of nitrogens with one attached hydrogen (secondary N) is 1. The van der Waals surface area contributed by atoms with E-state index in [2.05, 4.69) is 4.98 Å². The number of alkyl halides is 3. The number of nitriles is 1. The van der Waals surface area contributed by atoms with E-state index in [1.807, 2.05) is 10.8 Å². The quantitative estimate of drug-likeness (QED) is 0.707. The zero-order chi connectivity index (χ0) is 22.4. The topological polar surface area (TPSA) is 108 Å². The van der Waals surface area contributed by atoms with Crippen LogP contribution in [0.4, 0.5) is 13.2 Å². The van der Waals surface area contributed by atoms with Gasteiger partial charge in [0, 0.05) is 12.4 Å². The summed E-state index contributed by atoms with van der Waals surface area (Å²) in [4.78, 5) is 16.1. The van der Waals surface area contributed by atoms with E-state index in [0.717, 1.165) is 10.8 Å². The highest BCUT2D eigenvalue weighted by Gasteiger charge is 2.38. The van der Waals surface area contributed by atoms with Crippen molar-refractivity contribution in [3.63, 3.8) is 0 Å². The molecule has 1 aromatic carbocycles. The molecule has 0 bridgehead atoms. The predicted octanol–water partition coefficient (Wildman–Crippen LogP) is 2.82. The average Bonchev–Trinajstić information content (AvgIpc) is 3.07. The minimum Gasteiger partial charge on any atom is -0.311 e. The average molecular weight is 460 g/mol. The van der Waals surface area contributed by atoms with Gasteiger partial charge in [-0.1, -0.05) is 11.6 Å². The number of amides is 1. The van der Waals surface area contributed by atoms with E-state index in [-0.39, 0.29) is 31.8 Å².